The molecule has 19 heavy (non-hydrogen) atoms. The standard InChI is InChI=1S/C15H16N2OS/c1-11(2)15-17(12-6-4-3-5-7-12)9-14(19-15)13-8-16-10-18-13/h3-11,15H,1-2H3. The van der Waals surface area contributed by atoms with E-state index in [1.807, 2.05) is 17.8 Å². The Labute approximate surface area is 117 Å². The van der Waals surface area contributed by atoms with Crippen LogP contribution in [-0.4, -0.2) is 10.4 Å². The summed E-state index contributed by atoms with van der Waals surface area (Å²) >= 11 is 1.83. The van der Waals surface area contributed by atoms with E-state index >= 15 is 0 Å². The number of hydrogen-bond donors (Lipinski definition) is 0. The summed E-state index contributed by atoms with van der Waals surface area (Å²) in [7, 11) is 0. The zero-order valence-electron chi connectivity index (χ0n) is 11.0. The number of anilines is 1. The van der Waals surface area contributed by atoms with Crippen molar-refractivity contribution in [2.45, 2.75) is 19.2 Å². The molecule has 0 aliphatic carbocycles. The number of hydrogen-bond acceptors (Lipinski definition) is 4. The molecule has 0 N–H and O–H groups in total. The monoisotopic (exact) mass is 272 g/mol. The highest BCUT2D eigenvalue weighted by atomic mass is 32.2. The van der Waals surface area contributed by atoms with Crippen LogP contribution in [0.4, 0.5) is 5.69 Å². The molecule has 0 saturated carbocycles. The first kappa shape index (κ1) is 12.4. The van der Waals surface area contributed by atoms with Crippen LogP contribution in [0, 0.1) is 5.92 Å². The van der Waals surface area contributed by atoms with E-state index in [1.165, 1.54) is 12.1 Å². The number of aromatic nitrogens is 1. The fourth-order valence-corrected chi connectivity index (χ4v) is 3.37. The minimum Gasteiger partial charge on any atom is -0.443 e. The van der Waals surface area contributed by atoms with Crippen molar-refractivity contribution >= 4 is 22.4 Å². The molecule has 1 aromatic heterocycles. The number of para-hydroxylation sites is 1. The fourth-order valence-electron chi connectivity index (χ4n) is 2.16. The Morgan fingerprint density at radius 2 is 2.05 bits per heavy atom. The van der Waals surface area contributed by atoms with E-state index in [0.717, 1.165) is 10.7 Å². The van der Waals surface area contributed by atoms with Gasteiger partial charge in [-0.1, -0.05) is 43.8 Å². The zero-order valence-corrected chi connectivity index (χ0v) is 11.8. The van der Waals surface area contributed by atoms with Gasteiger partial charge in [-0.15, -0.1) is 0 Å². The molecule has 98 valence electrons. The van der Waals surface area contributed by atoms with Crippen molar-refractivity contribution in [1.29, 1.82) is 0 Å². The number of benzene rings is 1. The normalized spacial score (nSPS) is 19.0. The second kappa shape index (κ2) is 5.13. The first-order valence-corrected chi connectivity index (χ1v) is 7.24. The quantitative estimate of drug-likeness (QED) is 0.837. The largest absolute Gasteiger partial charge is 0.443 e. The number of nitrogens with zero attached hydrogens (tertiary/aromatic N) is 2. The molecule has 1 atom stereocenters. The summed E-state index contributed by atoms with van der Waals surface area (Å²) in [5, 5.41) is 0.391. The van der Waals surface area contributed by atoms with Crippen molar-refractivity contribution < 1.29 is 4.42 Å². The van der Waals surface area contributed by atoms with Crippen molar-refractivity contribution in [2.75, 3.05) is 4.90 Å². The lowest BCUT2D eigenvalue weighted by Gasteiger charge is -2.27. The molecule has 0 spiro atoms. The third kappa shape index (κ3) is 2.40. The molecule has 1 aromatic carbocycles. The fraction of sp³-hybridized carbons (Fsp3) is 0.267. The molecular weight excluding hydrogens is 256 g/mol. The van der Waals surface area contributed by atoms with Crippen LogP contribution in [-0.2, 0) is 0 Å². The van der Waals surface area contributed by atoms with Gasteiger partial charge in [0.1, 0.15) is 0 Å². The summed E-state index contributed by atoms with van der Waals surface area (Å²) < 4.78 is 5.40. The minimum atomic E-state index is 0.391. The van der Waals surface area contributed by atoms with Gasteiger partial charge in [-0.25, -0.2) is 4.98 Å². The van der Waals surface area contributed by atoms with Crippen LogP contribution in [0.25, 0.3) is 4.91 Å². The highest BCUT2D eigenvalue weighted by Crippen LogP contribution is 2.44. The van der Waals surface area contributed by atoms with Gasteiger partial charge in [-0.2, -0.15) is 0 Å². The lowest BCUT2D eigenvalue weighted by Crippen LogP contribution is -2.28. The van der Waals surface area contributed by atoms with Crippen molar-refractivity contribution in [1.82, 2.24) is 4.98 Å². The second-order valence-corrected chi connectivity index (χ2v) is 6.01. The van der Waals surface area contributed by atoms with Gasteiger partial charge in [0.2, 0.25) is 0 Å². The van der Waals surface area contributed by atoms with E-state index in [4.69, 9.17) is 4.42 Å². The highest BCUT2D eigenvalue weighted by molar-refractivity contribution is 8.09. The van der Waals surface area contributed by atoms with Crippen molar-refractivity contribution in [2.24, 2.45) is 5.92 Å². The number of oxazole rings is 1. The zero-order chi connectivity index (χ0) is 13.2. The Bertz CT molecular complexity index is 563. The predicted octanol–water partition coefficient (Wildman–Crippen LogP) is 4.21. The third-order valence-corrected chi connectivity index (χ3v) is 4.65. The average molecular weight is 272 g/mol. The Kier molecular flexibility index (Phi) is 3.34. The first-order valence-electron chi connectivity index (χ1n) is 6.36. The molecule has 3 nitrogen and oxygen atoms in total. The Hall–Kier alpha value is -1.68. The van der Waals surface area contributed by atoms with E-state index in [9.17, 15) is 0 Å². The van der Waals surface area contributed by atoms with Gasteiger partial charge in [0.15, 0.2) is 12.2 Å². The Balaban J connectivity index is 1.95. The lowest BCUT2D eigenvalue weighted by molar-refractivity contribution is 0.547. The highest BCUT2D eigenvalue weighted by Gasteiger charge is 2.30. The molecule has 0 fully saturated rings. The average Bonchev–Trinajstić information content (AvgIpc) is 3.08. The van der Waals surface area contributed by atoms with Gasteiger partial charge in [0.25, 0.3) is 0 Å². The van der Waals surface area contributed by atoms with E-state index in [0.29, 0.717) is 11.3 Å². The lowest BCUT2D eigenvalue weighted by atomic mass is 10.2. The van der Waals surface area contributed by atoms with E-state index in [2.05, 4.69) is 54.2 Å². The molecule has 0 amide bonds. The molecule has 1 aliphatic rings. The van der Waals surface area contributed by atoms with E-state index < -0.39 is 0 Å². The molecule has 4 heteroatoms. The molecule has 1 aliphatic heterocycles. The topological polar surface area (TPSA) is 29.3 Å². The Morgan fingerprint density at radius 3 is 2.68 bits per heavy atom. The number of rotatable bonds is 3. The van der Waals surface area contributed by atoms with Crippen LogP contribution in [0.1, 0.15) is 19.6 Å². The van der Waals surface area contributed by atoms with Crippen molar-refractivity contribution in [3.63, 3.8) is 0 Å². The van der Waals surface area contributed by atoms with Gasteiger partial charge in [0.05, 0.1) is 16.5 Å². The first-order chi connectivity index (χ1) is 9.25. The molecule has 1 unspecified atom stereocenters. The molecule has 0 saturated heterocycles. The molecule has 2 heterocycles. The second-order valence-electron chi connectivity index (χ2n) is 4.85. The van der Waals surface area contributed by atoms with E-state index in [1.54, 1.807) is 6.20 Å². The van der Waals surface area contributed by atoms with Crippen LogP contribution < -0.4 is 4.90 Å². The van der Waals surface area contributed by atoms with Gasteiger partial charge in [0, 0.05) is 11.9 Å². The van der Waals surface area contributed by atoms with Gasteiger partial charge < -0.3 is 9.32 Å². The molecular formula is C15H16N2OS. The maximum Gasteiger partial charge on any atom is 0.181 e. The molecule has 3 rings (SSSR count). The van der Waals surface area contributed by atoms with Gasteiger partial charge in [-0.05, 0) is 18.1 Å². The van der Waals surface area contributed by atoms with Crippen LogP contribution in [0.2, 0.25) is 0 Å². The van der Waals surface area contributed by atoms with Crippen LogP contribution in [0.15, 0.2) is 53.5 Å². The summed E-state index contributed by atoms with van der Waals surface area (Å²) in [5.41, 5.74) is 1.21. The third-order valence-electron chi connectivity index (χ3n) is 3.08. The molecule has 0 bridgehead atoms. The summed E-state index contributed by atoms with van der Waals surface area (Å²) in [5.74, 6) is 1.39. The van der Waals surface area contributed by atoms with Crippen LogP contribution in [0.5, 0.6) is 0 Å². The van der Waals surface area contributed by atoms with Crippen molar-refractivity contribution in [3.8, 4) is 0 Å². The summed E-state index contributed by atoms with van der Waals surface area (Å²) in [6.07, 6.45) is 5.40. The molecule has 2 aromatic rings. The number of thioether (sulfide) groups is 1. The minimum absolute atomic E-state index is 0.391. The predicted molar refractivity (Wildman–Crippen MR) is 79.6 cm³/mol. The Morgan fingerprint density at radius 1 is 1.26 bits per heavy atom. The van der Waals surface area contributed by atoms with Crippen LogP contribution >= 0.6 is 11.8 Å². The summed E-state index contributed by atoms with van der Waals surface area (Å²) in [6.45, 7) is 4.48. The summed E-state index contributed by atoms with van der Waals surface area (Å²) in [4.78, 5) is 7.45. The van der Waals surface area contributed by atoms with Gasteiger partial charge in [-0.3, -0.25) is 0 Å². The van der Waals surface area contributed by atoms with Crippen LogP contribution in [0.3, 0.4) is 0 Å². The maximum atomic E-state index is 5.40. The van der Waals surface area contributed by atoms with Crippen molar-refractivity contribution in [3.05, 3.63) is 54.9 Å². The maximum absolute atomic E-state index is 5.40. The van der Waals surface area contributed by atoms with Gasteiger partial charge >= 0.3 is 0 Å². The SMILES string of the molecule is CC(C)C1SC(c2cnco2)=CN1c1ccccc1. The van der Waals surface area contributed by atoms with E-state index in [-0.39, 0.29) is 0 Å². The molecule has 0 radical (unpaired) electrons. The summed E-state index contributed by atoms with van der Waals surface area (Å²) in [6, 6.07) is 10.4. The smallest absolute Gasteiger partial charge is 0.181 e.